The SMILES string of the molecule is CCC.OC(COc1ccccc1-c1ccccc1)C1CO1. The third-order valence-corrected chi connectivity index (χ3v) is 3.17. The molecule has 0 spiro atoms. The largest absolute Gasteiger partial charge is 0.490 e. The van der Waals surface area contributed by atoms with Gasteiger partial charge in [-0.05, 0) is 11.6 Å². The van der Waals surface area contributed by atoms with Crippen LogP contribution in [-0.4, -0.2) is 30.5 Å². The molecule has 1 saturated heterocycles. The summed E-state index contributed by atoms with van der Waals surface area (Å²) in [6.45, 7) is 5.14. The van der Waals surface area contributed by atoms with Gasteiger partial charge in [0.25, 0.3) is 0 Å². The van der Waals surface area contributed by atoms with Crippen molar-refractivity contribution in [2.45, 2.75) is 32.5 Å². The Kier molecular flexibility index (Phi) is 6.44. The van der Waals surface area contributed by atoms with Crippen molar-refractivity contribution < 1.29 is 14.6 Å². The van der Waals surface area contributed by atoms with E-state index >= 15 is 0 Å². The molecule has 0 aliphatic carbocycles. The molecule has 1 aliphatic rings. The highest BCUT2D eigenvalue weighted by Gasteiger charge is 2.31. The Hall–Kier alpha value is -1.84. The molecule has 0 bridgehead atoms. The number of benzene rings is 2. The molecule has 3 heteroatoms. The Morgan fingerprint density at radius 2 is 1.68 bits per heavy atom. The first-order valence-corrected chi connectivity index (χ1v) is 7.83. The lowest BCUT2D eigenvalue weighted by atomic mass is 10.1. The second-order valence-corrected chi connectivity index (χ2v) is 5.32. The molecule has 1 N–H and O–H groups in total. The Morgan fingerprint density at radius 3 is 2.32 bits per heavy atom. The number of epoxide rings is 1. The highest BCUT2D eigenvalue weighted by atomic mass is 16.6. The predicted octanol–water partition coefficient (Wildman–Crippen LogP) is 3.91. The second-order valence-electron chi connectivity index (χ2n) is 5.32. The van der Waals surface area contributed by atoms with E-state index in [1.807, 2.05) is 54.6 Å². The molecule has 0 aromatic heterocycles. The van der Waals surface area contributed by atoms with Crippen molar-refractivity contribution in [2.75, 3.05) is 13.2 Å². The van der Waals surface area contributed by atoms with Crippen LogP contribution in [0, 0.1) is 0 Å². The van der Waals surface area contributed by atoms with Crippen LogP contribution < -0.4 is 4.74 Å². The van der Waals surface area contributed by atoms with Crippen LogP contribution in [0.2, 0.25) is 0 Å². The van der Waals surface area contributed by atoms with Crippen LogP contribution in [0.15, 0.2) is 54.6 Å². The fourth-order valence-corrected chi connectivity index (χ4v) is 2.01. The Balaban J connectivity index is 0.000000545. The molecule has 3 nitrogen and oxygen atoms in total. The molecule has 1 aliphatic heterocycles. The molecule has 2 unspecified atom stereocenters. The van der Waals surface area contributed by atoms with Gasteiger partial charge in [-0.2, -0.15) is 0 Å². The Bertz CT molecular complexity index is 550. The van der Waals surface area contributed by atoms with Crippen molar-refractivity contribution in [1.82, 2.24) is 0 Å². The van der Waals surface area contributed by atoms with Gasteiger partial charge in [-0.25, -0.2) is 0 Å². The average molecular weight is 300 g/mol. The zero-order valence-electron chi connectivity index (χ0n) is 13.2. The minimum Gasteiger partial charge on any atom is -0.490 e. The highest BCUT2D eigenvalue weighted by molar-refractivity contribution is 5.70. The van der Waals surface area contributed by atoms with Crippen molar-refractivity contribution in [3.8, 4) is 16.9 Å². The molecular weight excluding hydrogens is 276 g/mol. The molecule has 2 aromatic carbocycles. The summed E-state index contributed by atoms with van der Waals surface area (Å²) in [5.74, 6) is 0.786. The van der Waals surface area contributed by atoms with E-state index in [9.17, 15) is 5.11 Å². The van der Waals surface area contributed by atoms with Gasteiger partial charge < -0.3 is 14.6 Å². The van der Waals surface area contributed by atoms with Gasteiger partial charge in [-0.15, -0.1) is 0 Å². The summed E-state index contributed by atoms with van der Waals surface area (Å²) in [7, 11) is 0. The summed E-state index contributed by atoms with van der Waals surface area (Å²) in [4.78, 5) is 0. The summed E-state index contributed by atoms with van der Waals surface area (Å²) in [5.41, 5.74) is 2.14. The standard InChI is InChI=1S/C16H16O3.C3H8/c17-14(16-11-19-16)10-18-15-9-5-4-8-13(15)12-6-2-1-3-7-12;1-3-2/h1-9,14,16-17H,10-11H2;3H2,1-2H3. The van der Waals surface area contributed by atoms with E-state index in [-0.39, 0.29) is 12.7 Å². The summed E-state index contributed by atoms with van der Waals surface area (Å²) in [6, 6.07) is 17.9. The molecular formula is C19H24O3. The van der Waals surface area contributed by atoms with E-state index in [0.717, 1.165) is 16.9 Å². The normalized spacial score (nSPS) is 17.1. The van der Waals surface area contributed by atoms with Crippen molar-refractivity contribution in [3.05, 3.63) is 54.6 Å². The maximum atomic E-state index is 9.76. The lowest BCUT2D eigenvalue weighted by Crippen LogP contribution is -2.23. The van der Waals surface area contributed by atoms with Gasteiger partial charge in [0, 0.05) is 5.56 Å². The van der Waals surface area contributed by atoms with Gasteiger partial charge in [0.2, 0.25) is 0 Å². The minimum absolute atomic E-state index is 0.0520. The summed E-state index contributed by atoms with van der Waals surface area (Å²) >= 11 is 0. The quantitative estimate of drug-likeness (QED) is 0.851. The topological polar surface area (TPSA) is 42.0 Å². The van der Waals surface area contributed by atoms with Gasteiger partial charge in [0.05, 0.1) is 6.61 Å². The first-order valence-electron chi connectivity index (χ1n) is 7.83. The van der Waals surface area contributed by atoms with Crippen LogP contribution in [0.4, 0.5) is 0 Å². The first kappa shape index (κ1) is 16.5. The zero-order valence-corrected chi connectivity index (χ0v) is 13.2. The smallest absolute Gasteiger partial charge is 0.127 e. The van der Waals surface area contributed by atoms with E-state index < -0.39 is 6.10 Å². The molecule has 0 saturated carbocycles. The van der Waals surface area contributed by atoms with Gasteiger partial charge in [0.1, 0.15) is 24.6 Å². The molecule has 1 heterocycles. The number of aliphatic hydroxyl groups is 1. The Labute approximate surface area is 132 Å². The maximum absolute atomic E-state index is 9.76. The number of ether oxygens (including phenoxy) is 2. The van der Waals surface area contributed by atoms with E-state index in [1.54, 1.807) is 0 Å². The van der Waals surface area contributed by atoms with Crippen LogP contribution >= 0.6 is 0 Å². The van der Waals surface area contributed by atoms with Gasteiger partial charge in [-0.3, -0.25) is 0 Å². The van der Waals surface area contributed by atoms with Crippen LogP contribution in [0.1, 0.15) is 20.3 Å². The lowest BCUT2D eigenvalue weighted by Gasteiger charge is -2.13. The van der Waals surface area contributed by atoms with Crippen molar-refractivity contribution >= 4 is 0 Å². The predicted molar refractivity (Wildman–Crippen MR) is 89.1 cm³/mol. The summed E-state index contributed by atoms with van der Waals surface area (Å²) < 4.78 is 10.8. The number of aliphatic hydroxyl groups excluding tert-OH is 1. The molecule has 3 rings (SSSR count). The van der Waals surface area contributed by atoms with Gasteiger partial charge >= 0.3 is 0 Å². The summed E-state index contributed by atoms with van der Waals surface area (Å²) in [5, 5.41) is 9.76. The molecule has 22 heavy (non-hydrogen) atoms. The van der Waals surface area contributed by atoms with Crippen LogP contribution in [0.25, 0.3) is 11.1 Å². The lowest BCUT2D eigenvalue weighted by molar-refractivity contribution is 0.0812. The second kappa shape index (κ2) is 8.57. The third kappa shape index (κ3) is 4.86. The van der Waals surface area contributed by atoms with Gasteiger partial charge in [-0.1, -0.05) is 68.8 Å². The van der Waals surface area contributed by atoms with E-state index in [2.05, 4.69) is 13.8 Å². The highest BCUT2D eigenvalue weighted by Crippen LogP contribution is 2.29. The number of hydrogen-bond acceptors (Lipinski definition) is 3. The zero-order chi connectivity index (χ0) is 15.8. The fourth-order valence-electron chi connectivity index (χ4n) is 2.01. The van der Waals surface area contributed by atoms with E-state index in [0.29, 0.717) is 6.61 Å². The van der Waals surface area contributed by atoms with E-state index in [1.165, 1.54) is 6.42 Å². The maximum Gasteiger partial charge on any atom is 0.127 e. The number of hydrogen-bond donors (Lipinski definition) is 1. The monoisotopic (exact) mass is 300 g/mol. The van der Waals surface area contributed by atoms with E-state index in [4.69, 9.17) is 9.47 Å². The van der Waals surface area contributed by atoms with Crippen molar-refractivity contribution in [2.24, 2.45) is 0 Å². The minimum atomic E-state index is -0.552. The van der Waals surface area contributed by atoms with Crippen molar-refractivity contribution in [3.63, 3.8) is 0 Å². The van der Waals surface area contributed by atoms with Crippen LogP contribution in [0.5, 0.6) is 5.75 Å². The number of para-hydroxylation sites is 1. The molecule has 118 valence electrons. The van der Waals surface area contributed by atoms with Crippen LogP contribution in [-0.2, 0) is 4.74 Å². The molecule has 0 radical (unpaired) electrons. The molecule has 0 amide bonds. The molecule has 1 fully saturated rings. The molecule has 2 atom stereocenters. The average Bonchev–Trinajstić information content (AvgIpc) is 3.39. The third-order valence-electron chi connectivity index (χ3n) is 3.17. The Morgan fingerprint density at radius 1 is 1.09 bits per heavy atom. The summed E-state index contributed by atoms with van der Waals surface area (Å²) in [6.07, 6.45) is 0.646. The fraction of sp³-hybridized carbons (Fsp3) is 0.368. The van der Waals surface area contributed by atoms with Crippen LogP contribution in [0.3, 0.4) is 0 Å². The number of rotatable bonds is 5. The first-order chi connectivity index (χ1) is 10.8. The van der Waals surface area contributed by atoms with Gasteiger partial charge in [0.15, 0.2) is 0 Å². The van der Waals surface area contributed by atoms with Crippen molar-refractivity contribution in [1.29, 1.82) is 0 Å². The molecule has 2 aromatic rings.